The minimum absolute atomic E-state index is 0.306. The van der Waals surface area contributed by atoms with Crippen LogP contribution in [-0.2, 0) is 6.61 Å². The monoisotopic (exact) mass is 561 g/mol. The Morgan fingerprint density at radius 3 is 2.67 bits per heavy atom. The van der Waals surface area contributed by atoms with Crippen LogP contribution < -0.4 is 14.8 Å². The van der Waals surface area contributed by atoms with E-state index in [-0.39, 0.29) is 17.6 Å². The third-order valence-electron chi connectivity index (χ3n) is 6.91. The number of carbonyl (C=O) groups is 1. The molecule has 208 valence electrons. The molecule has 4 aromatic rings. The van der Waals surface area contributed by atoms with Crippen molar-refractivity contribution in [2.45, 2.75) is 52.4 Å². The molecular formula is C30H32ClN5O4. The Morgan fingerprint density at radius 1 is 1.10 bits per heavy atom. The molecule has 2 aromatic carbocycles. The number of benzene rings is 2. The lowest BCUT2D eigenvalue weighted by molar-refractivity contribution is -0.0179. The molecule has 1 unspecified atom stereocenters. The van der Waals surface area contributed by atoms with E-state index in [1.807, 2.05) is 63.2 Å². The molecule has 0 saturated carbocycles. The predicted octanol–water partition coefficient (Wildman–Crippen LogP) is 6.94. The molecule has 1 fully saturated rings. The summed E-state index contributed by atoms with van der Waals surface area (Å²) in [6, 6.07) is 16.4. The molecule has 1 aliphatic rings. The van der Waals surface area contributed by atoms with E-state index in [1.165, 1.54) is 11.2 Å². The molecule has 40 heavy (non-hydrogen) atoms. The number of ether oxygens (including phenoxy) is 2. The normalized spacial score (nSPS) is 17.4. The Labute approximate surface area is 238 Å². The first-order valence-electron chi connectivity index (χ1n) is 13.2. The van der Waals surface area contributed by atoms with Crippen molar-refractivity contribution in [3.63, 3.8) is 0 Å². The van der Waals surface area contributed by atoms with Crippen LogP contribution in [0, 0.1) is 5.41 Å². The molecule has 1 amide bonds. The summed E-state index contributed by atoms with van der Waals surface area (Å²) >= 11 is 6.54. The van der Waals surface area contributed by atoms with Crippen molar-refractivity contribution in [3.8, 4) is 11.5 Å². The summed E-state index contributed by atoms with van der Waals surface area (Å²) in [5, 5.41) is 14.4. The fraction of sp³-hybridized carbons (Fsp3) is 0.333. The van der Waals surface area contributed by atoms with Gasteiger partial charge in [-0.15, -0.1) is 0 Å². The number of hydrogen-bond donors (Lipinski definition) is 2. The standard InChI is InChI=1S/C30H32ClN5O4/c1-30(2,3)27-25(11-7-15-36(27)29(37)38)40-24-10-6-9-22-26(24)28(34-18-33-22)35-19-12-13-23(21(31)16-19)39-17-20-8-4-5-14-32-20/h4-6,8-10,12-14,16,18,25,27H,7,11,15,17H2,1-3H3,(H,37,38)(H,33,34,35)/t25-,27?/m1/s1. The zero-order chi connectivity index (χ0) is 28.3. The molecule has 1 saturated heterocycles. The Balaban J connectivity index is 1.41. The van der Waals surface area contributed by atoms with Gasteiger partial charge in [0.2, 0.25) is 0 Å². The zero-order valence-electron chi connectivity index (χ0n) is 22.7. The second-order valence-corrected chi connectivity index (χ2v) is 11.2. The van der Waals surface area contributed by atoms with E-state index in [9.17, 15) is 9.90 Å². The van der Waals surface area contributed by atoms with Gasteiger partial charge in [0.25, 0.3) is 0 Å². The molecule has 5 rings (SSSR count). The van der Waals surface area contributed by atoms with E-state index in [1.54, 1.807) is 18.3 Å². The number of aromatic nitrogens is 3. The number of amides is 1. The number of pyridine rings is 1. The second-order valence-electron chi connectivity index (χ2n) is 10.8. The SMILES string of the molecule is CC(C)(C)C1[C@H](Oc2cccc3ncnc(Nc4ccc(OCc5ccccn5)c(Cl)c4)c23)CCCN1C(=O)O. The summed E-state index contributed by atoms with van der Waals surface area (Å²) in [7, 11) is 0. The van der Waals surface area contributed by atoms with E-state index in [0.717, 1.165) is 18.5 Å². The van der Waals surface area contributed by atoms with E-state index >= 15 is 0 Å². The van der Waals surface area contributed by atoms with Crippen LogP contribution in [0.25, 0.3) is 10.9 Å². The van der Waals surface area contributed by atoms with Crippen molar-refractivity contribution >= 4 is 40.1 Å². The first kappa shape index (κ1) is 27.5. The average Bonchev–Trinajstić information content (AvgIpc) is 2.92. The van der Waals surface area contributed by atoms with Crippen LogP contribution in [0.5, 0.6) is 11.5 Å². The summed E-state index contributed by atoms with van der Waals surface area (Å²) in [5.41, 5.74) is 1.91. The quantitative estimate of drug-likeness (QED) is 0.250. The van der Waals surface area contributed by atoms with Crippen LogP contribution >= 0.6 is 11.6 Å². The number of fused-ring (bicyclic) bond motifs is 1. The van der Waals surface area contributed by atoms with E-state index < -0.39 is 6.09 Å². The number of piperidine rings is 1. The summed E-state index contributed by atoms with van der Waals surface area (Å²) in [6.07, 6.45) is 3.43. The van der Waals surface area contributed by atoms with Gasteiger partial charge in [-0.3, -0.25) is 4.98 Å². The average molecular weight is 562 g/mol. The Kier molecular flexibility index (Phi) is 7.93. The van der Waals surface area contributed by atoms with Gasteiger partial charge in [-0.2, -0.15) is 0 Å². The summed E-state index contributed by atoms with van der Waals surface area (Å²) in [4.78, 5) is 26.8. The van der Waals surface area contributed by atoms with Crippen LogP contribution in [-0.4, -0.2) is 49.7 Å². The maximum atomic E-state index is 12.1. The first-order valence-corrected chi connectivity index (χ1v) is 13.6. The van der Waals surface area contributed by atoms with Gasteiger partial charge < -0.3 is 24.8 Å². The Bertz CT molecular complexity index is 1490. The Morgan fingerprint density at radius 2 is 1.95 bits per heavy atom. The third kappa shape index (κ3) is 6.04. The maximum Gasteiger partial charge on any atom is 0.407 e. The van der Waals surface area contributed by atoms with Crippen LogP contribution in [0.4, 0.5) is 16.3 Å². The molecule has 2 atom stereocenters. The van der Waals surface area contributed by atoms with Gasteiger partial charge in [0.15, 0.2) is 0 Å². The van der Waals surface area contributed by atoms with Crippen molar-refractivity contribution in [2.75, 3.05) is 11.9 Å². The summed E-state index contributed by atoms with van der Waals surface area (Å²) in [5.74, 6) is 1.69. The van der Waals surface area contributed by atoms with Gasteiger partial charge in [0.05, 0.1) is 27.7 Å². The molecule has 10 heteroatoms. The highest BCUT2D eigenvalue weighted by molar-refractivity contribution is 6.32. The smallest absolute Gasteiger partial charge is 0.407 e. The lowest BCUT2D eigenvalue weighted by Gasteiger charge is -2.46. The van der Waals surface area contributed by atoms with Crippen molar-refractivity contribution in [1.82, 2.24) is 19.9 Å². The maximum absolute atomic E-state index is 12.1. The first-order chi connectivity index (χ1) is 19.2. The number of nitrogens with zero attached hydrogens (tertiary/aromatic N) is 4. The van der Waals surface area contributed by atoms with Crippen LogP contribution in [0.3, 0.4) is 0 Å². The highest BCUT2D eigenvalue weighted by atomic mass is 35.5. The van der Waals surface area contributed by atoms with Gasteiger partial charge in [0.1, 0.15) is 36.4 Å². The molecule has 2 N–H and O–H groups in total. The number of likely N-dealkylation sites (tertiary alicyclic amines) is 1. The third-order valence-corrected chi connectivity index (χ3v) is 7.20. The van der Waals surface area contributed by atoms with Gasteiger partial charge in [0, 0.05) is 18.4 Å². The molecule has 0 aliphatic carbocycles. The summed E-state index contributed by atoms with van der Waals surface area (Å²) in [6.45, 7) is 6.93. The van der Waals surface area contributed by atoms with Gasteiger partial charge >= 0.3 is 6.09 Å². The Hall–Kier alpha value is -4.11. The van der Waals surface area contributed by atoms with Crippen molar-refractivity contribution in [1.29, 1.82) is 0 Å². The van der Waals surface area contributed by atoms with E-state index in [4.69, 9.17) is 21.1 Å². The van der Waals surface area contributed by atoms with E-state index in [0.29, 0.717) is 52.1 Å². The molecule has 0 spiro atoms. The van der Waals surface area contributed by atoms with Crippen LogP contribution in [0.2, 0.25) is 5.02 Å². The van der Waals surface area contributed by atoms with Gasteiger partial charge in [-0.05, 0) is 60.7 Å². The van der Waals surface area contributed by atoms with Crippen LogP contribution in [0.1, 0.15) is 39.3 Å². The highest BCUT2D eigenvalue weighted by Crippen LogP contribution is 2.38. The largest absolute Gasteiger partial charge is 0.487 e. The van der Waals surface area contributed by atoms with Crippen LogP contribution in [0.15, 0.2) is 67.1 Å². The second kappa shape index (κ2) is 11.6. The minimum Gasteiger partial charge on any atom is -0.487 e. The lowest BCUT2D eigenvalue weighted by Crippen LogP contribution is -2.58. The highest BCUT2D eigenvalue weighted by Gasteiger charge is 2.43. The number of carboxylic acid groups (broad SMARTS) is 1. The number of halogens is 1. The van der Waals surface area contributed by atoms with Gasteiger partial charge in [-0.1, -0.05) is 44.5 Å². The number of rotatable bonds is 7. The van der Waals surface area contributed by atoms with Crippen molar-refractivity contribution in [2.24, 2.45) is 5.41 Å². The number of nitrogens with one attached hydrogen (secondary N) is 1. The lowest BCUT2D eigenvalue weighted by atomic mass is 9.79. The molecular weight excluding hydrogens is 530 g/mol. The van der Waals surface area contributed by atoms with Gasteiger partial charge in [-0.25, -0.2) is 14.8 Å². The van der Waals surface area contributed by atoms with Crippen molar-refractivity contribution < 1.29 is 19.4 Å². The molecule has 0 bridgehead atoms. The summed E-state index contributed by atoms with van der Waals surface area (Å²) < 4.78 is 12.5. The number of anilines is 2. The van der Waals surface area contributed by atoms with E-state index in [2.05, 4.69) is 20.3 Å². The zero-order valence-corrected chi connectivity index (χ0v) is 23.4. The topological polar surface area (TPSA) is 110 Å². The molecule has 2 aromatic heterocycles. The fourth-order valence-corrected chi connectivity index (χ4v) is 5.46. The minimum atomic E-state index is -0.929. The fourth-order valence-electron chi connectivity index (χ4n) is 5.23. The van der Waals surface area contributed by atoms with Crippen molar-refractivity contribution in [3.05, 3.63) is 77.8 Å². The number of hydrogen-bond acceptors (Lipinski definition) is 7. The molecule has 9 nitrogen and oxygen atoms in total. The molecule has 0 radical (unpaired) electrons. The molecule has 1 aliphatic heterocycles. The molecule has 3 heterocycles. The predicted molar refractivity (Wildman–Crippen MR) is 154 cm³/mol.